The van der Waals surface area contributed by atoms with Crippen molar-refractivity contribution >= 4 is 0 Å². The highest BCUT2D eigenvalue weighted by molar-refractivity contribution is 5.30. The van der Waals surface area contributed by atoms with Gasteiger partial charge in [0.2, 0.25) is 0 Å². The van der Waals surface area contributed by atoms with Crippen LogP contribution in [0, 0.1) is 11.7 Å². The van der Waals surface area contributed by atoms with E-state index >= 15 is 0 Å². The molecule has 1 aromatic carbocycles. The van der Waals surface area contributed by atoms with E-state index in [-0.39, 0.29) is 11.2 Å². The Kier molecular flexibility index (Phi) is 2.79. The van der Waals surface area contributed by atoms with Crippen LogP contribution in [0.25, 0.3) is 0 Å². The van der Waals surface area contributed by atoms with Crippen LogP contribution in [0.1, 0.15) is 25.8 Å². The van der Waals surface area contributed by atoms with E-state index < -0.39 is 0 Å². The van der Waals surface area contributed by atoms with Gasteiger partial charge in [0.15, 0.2) is 0 Å². The number of rotatable bonds is 3. The Balaban J connectivity index is 2.22. The summed E-state index contributed by atoms with van der Waals surface area (Å²) in [6.07, 6.45) is 1.17. The van der Waals surface area contributed by atoms with Crippen molar-refractivity contribution in [3.63, 3.8) is 0 Å². The average Bonchev–Trinajstić information content (AvgIpc) is 2.13. The quantitative estimate of drug-likeness (QED) is 0.803. The average molecular weight is 207 g/mol. The third-order valence-corrected chi connectivity index (χ3v) is 3.18. The summed E-state index contributed by atoms with van der Waals surface area (Å²) in [6.45, 7) is 6.53. The Morgan fingerprint density at radius 3 is 2.27 bits per heavy atom. The lowest BCUT2D eigenvalue weighted by Crippen LogP contribution is -2.57. The first-order valence-electron chi connectivity index (χ1n) is 5.59. The van der Waals surface area contributed by atoms with E-state index in [1.165, 1.54) is 12.0 Å². The molecule has 2 heteroatoms. The van der Waals surface area contributed by atoms with E-state index in [4.69, 9.17) is 0 Å². The molecule has 0 saturated carbocycles. The molecule has 0 unspecified atom stereocenters. The summed E-state index contributed by atoms with van der Waals surface area (Å²) in [7, 11) is 0. The van der Waals surface area contributed by atoms with Gasteiger partial charge in [0, 0.05) is 18.5 Å². The van der Waals surface area contributed by atoms with Crippen molar-refractivity contribution < 1.29 is 4.39 Å². The number of hydrogen-bond donors (Lipinski definition) is 1. The molecule has 0 spiro atoms. The molecule has 82 valence electrons. The van der Waals surface area contributed by atoms with Gasteiger partial charge in [0.25, 0.3) is 0 Å². The van der Waals surface area contributed by atoms with Gasteiger partial charge in [0.05, 0.1) is 0 Å². The zero-order valence-corrected chi connectivity index (χ0v) is 9.39. The summed E-state index contributed by atoms with van der Waals surface area (Å²) in [4.78, 5) is 0. The smallest absolute Gasteiger partial charge is 0.123 e. The summed E-state index contributed by atoms with van der Waals surface area (Å²) in [6, 6.07) is 6.99. The second-order valence-corrected chi connectivity index (χ2v) is 4.99. The minimum atomic E-state index is -0.147. The Morgan fingerprint density at radius 1 is 1.27 bits per heavy atom. The molecule has 15 heavy (non-hydrogen) atoms. The number of hydrogen-bond acceptors (Lipinski definition) is 1. The van der Waals surface area contributed by atoms with Gasteiger partial charge in [0.1, 0.15) is 5.82 Å². The lowest BCUT2D eigenvalue weighted by atomic mass is 9.70. The van der Waals surface area contributed by atoms with Gasteiger partial charge in [-0.15, -0.1) is 0 Å². The van der Waals surface area contributed by atoms with Crippen LogP contribution in [-0.4, -0.2) is 13.1 Å². The van der Waals surface area contributed by atoms with E-state index in [1.54, 1.807) is 12.1 Å². The molecular weight excluding hydrogens is 189 g/mol. The van der Waals surface area contributed by atoms with Crippen LogP contribution in [0.4, 0.5) is 4.39 Å². The fourth-order valence-corrected chi connectivity index (χ4v) is 2.48. The van der Waals surface area contributed by atoms with E-state index in [9.17, 15) is 4.39 Å². The highest BCUT2D eigenvalue weighted by Gasteiger charge is 2.38. The number of halogens is 1. The third kappa shape index (κ3) is 2.05. The molecule has 1 aromatic rings. The molecule has 1 aliphatic heterocycles. The molecule has 0 aromatic heterocycles. The molecule has 1 saturated heterocycles. The van der Waals surface area contributed by atoms with Crippen LogP contribution in [0.3, 0.4) is 0 Å². The maximum Gasteiger partial charge on any atom is 0.123 e. The lowest BCUT2D eigenvalue weighted by molar-refractivity contribution is 0.229. The largest absolute Gasteiger partial charge is 0.315 e. The topological polar surface area (TPSA) is 12.0 Å². The predicted octanol–water partition coefficient (Wildman–Crippen LogP) is 2.71. The van der Waals surface area contributed by atoms with E-state index in [2.05, 4.69) is 19.2 Å². The van der Waals surface area contributed by atoms with Crippen molar-refractivity contribution in [2.75, 3.05) is 13.1 Å². The molecule has 0 radical (unpaired) electrons. The van der Waals surface area contributed by atoms with Crippen molar-refractivity contribution in [2.24, 2.45) is 5.92 Å². The first kappa shape index (κ1) is 10.6. The third-order valence-electron chi connectivity index (χ3n) is 3.18. The number of nitrogens with one attached hydrogen (secondary N) is 1. The van der Waals surface area contributed by atoms with Crippen LogP contribution in [0.15, 0.2) is 24.3 Å². The van der Waals surface area contributed by atoms with Crippen LogP contribution in [-0.2, 0) is 5.41 Å². The molecule has 0 amide bonds. The molecule has 1 heterocycles. The molecule has 2 rings (SSSR count). The molecule has 1 nitrogen and oxygen atoms in total. The molecule has 0 bridgehead atoms. The summed E-state index contributed by atoms with van der Waals surface area (Å²) >= 11 is 0. The zero-order valence-electron chi connectivity index (χ0n) is 9.39. The second-order valence-electron chi connectivity index (χ2n) is 4.99. The Morgan fingerprint density at radius 2 is 1.87 bits per heavy atom. The van der Waals surface area contributed by atoms with Gasteiger partial charge in [-0.25, -0.2) is 4.39 Å². The molecule has 0 aliphatic carbocycles. The normalized spacial score (nSPS) is 18.9. The van der Waals surface area contributed by atoms with E-state index in [0.29, 0.717) is 5.92 Å². The fraction of sp³-hybridized carbons (Fsp3) is 0.538. The fourth-order valence-electron chi connectivity index (χ4n) is 2.48. The summed E-state index contributed by atoms with van der Waals surface area (Å²) in [5, 5.41) is 3.33. The highest BCUT2D eigenvalue weighted by atomic mass is 19.1. The second kappa shape index (κ2) is 3.93. The minimum Gasteiger partial charge on any atom is -0.315 e. The van der Waals surface area contributed by atoms with Gasteiger partial charge in [-0.1, -0.05) is 26.0 Å². The van der Waals surface area contributed by atoms with Crippen molar-refractivity contribution in [1.29, 1.82) is 0 Å². The maximum absolute atomic E-state index is 12.8. The summed E-state index contributed by atoms with van der Waals surface area (Å²) < 4.78 is 12.8. The van der Waals surface area contributed by atoms with Crippen LogP contribution < -0.4 is 5.32 Å². The Bertz CT molecular complexity index is 325. The van der Waals surface area contributed by atoms with Crippen molar-refractivity contribution in [3.8, 4) is 0 Å². The molecule has 1 aliphatic rings. The van der Waals surface area contributed by atoms with Crippen molar-refractivity contribution in [3.05, 3.63) is 35.6 Å². The summed E-state index contributed by atoms with van der Waals surface area (Å²) in [5.41, 5.74) is 1.53. The maximum atomic E-state index is 12.8. The molecule has 0 atom stereocenters. The van der Waals surface area contributed by atoms with Gasteiger partial charge in [-0.05, 0) is 30.0 Å². The molecule has 1 N–H and O–H groups in total. The van der Waals surface area contributed by atoms with Gasteiger partial charge < -0.3 is 5.32 Å². The highest BCUT2D eigenvalue weighted by Crippen LogP contribution is 2.34. The minimum absolute atomic E-state index is 0.147. The monoisotopic (exact) mass is 207 g/mol. The molecule has 1 fully saturated rings. The van der Waals surface area contributed by atoms with E-state index in [1.807, 2.05) is 12.1 Å². The zero-order chi connectivity index (χ0) is 10.9. The Labute approximate surface area is 90.7 Å². The first-order valence-corrected chi connectivity index (χ1v) is 5.59. The predicted molar refractivity (Wildman–Crippen MR) is 60.4 cm³/mol. The lowest BCUT2D eigenvalue weighted by Gasteiger charge is -2.44. The van der Waals surface area contributed by atoms with Crippen LogP contribution in [0.5, 0.6) is 0 Å². The molecular formula is C13H18FN. The van der Waals surface area contributed by atoms with Gasteiger partial charge in [-0.3, -0.25) is 0 Å². The van der Waals surface area contributed by atoms with Crippen molar-refractivity contribution in [2.45, 2.75) is 25.7 Å². The van der Waals surface area contributed by atoms with Crippen LogP contribution >= 0.6 is 0 Å². The Hall–Kier alpha value is -0.890. The summed E-state index contributed by atoms with van der Waals surface area (Å²) in [5.74, 6) is 0.530. The van der Waals surface area contributed by atoms with Gasteiger partial charge in [-0.2, -0.15) is 0 Å². The van der Waals surface area contributed by atoms with E-state index in [0.717, 1.165) is 13.1 Å². The SMILES string of the molecule is CC(C)CC1(c2ccc(F)cc2)CNC1. The number of benzene rings is 1. The standard InChI is InChI=1S/C13H18FN/c1-10(2)7-13(8-15-9-13)11-3-5-12(14)6-4-11/h3-6,10,15H,7-9H2,1-2H3. The van der Waals surface area contributed by atoms with Gasteiger partial charge >= 0.3 is 0 Å². The van der Waals surface area contributed by atoms with Crippen molar-refractivity contribution in [1.82, 2.24) is 5.32 Å². The van der Waals surface area contributed by atoms with Crippen LogP contribution in [0.2, 0.25) is 0 Å². The first-order chi connectivity index (χ1) is 7.12.